The van der Waals surface area contributed by atoms with E-state index in [4.69, 9.17) is 4.52 Å². The molecule has 6 heteroatoms. The van der Waals surface area contributed by atoms with Gasteiger partial charge >= 0.3 is 0 Å². The van der Waals surface area contributed by atoms with Gasteiger partial charge in [-0.2, -0.15) is 5.10 Å². The molecule has 1 amide bonds. The summed E-state index contributed by atoms with van der Waals surface area (Å²) in [6.45, 7) is 5.00. The van der Waals surface area contributed by atoms with Crippen molar-refractivity contribution in [3.8, 4) is 0 Å². The number of nitrogens with one attached hydrogen (secondary N) is 1. The van der Waals surface area contributed by atoms with E-state index in [1.54, 1.807) is 13.8 Å². The highest BCUT2D eigenvalue weighted by molar-refractivity contribution is 5.96. The van der Waals surface area contributed by atoms with Crippen LogP contribution in [-0.2, 0) is 19.5 Å². The molecule has 6 nitrogen and oxygen atoms in total. The lowest BCUT2D eigenvalue weighted by atomic mass is 10.1. The lowest BCUT2D eigenvalue weighted by molar-refractivity contribution is 0.0949. The number of fused-ring (bicyclic) bond motifs is 1. The molecular weight excluding hydrogens is 256 g/mol. The smallest absolute Gasteiger partial charge is 0.257 e. The van der Waals surface area contributed by atoms with Gasteiger partial charge in [0, 0.05) is 24.3 Å². The summed E-state index contributed by atoms with van der Waals surface area (Å²) in [6.07, 6.45) is 5.26. The average Bonchev–Trinajstić information content (AvgIpc) is 3.00. The molecule has 2 aromatic heterocycles. The molecule has 0 atom stereocenters. The first-order chi connectivity index (χ1) is 9.66. The van der Waals surface area contributed by atoms with Crippen LogP contribution in [0.15, 0.2) is 10.7 Å². The monoisotopic (exact) mass is 274 g/mol. The molecule has 0 aliphatic carbocycles. The number of hydrogen-bond donors (Lipinski definition) is 1. The Kier molecular flexibility index (Phi) is 3.30. The number of nitrogens with zero attached hydrogens (tertiary/aromatic N) is 3. The molecule has 3 rings (SSSR count). The molecule has 0 aromatic carbocycles. The largest absolute Gasteiger partial charge is 0.361 e. The molecule has 0 saturated heterocycles. The van der Waals surface area contributed by atoms with Crippen LogP contribution in [0.1, 0.15) is 45.9 Å². The third-order valence-corrected chi connectivity index (χ3v) is 3.77. The maximum Gasteiger partial charge on any atom is 0.257 e. The minimum atomic E-state index is -0.142. The Morgan fingerprint density at radius 2 is 2.30 bits per heavy atom. The van der Waals surface area contributed by atoms with E-state index in [9.17, 15) is 4.79 Å². The second kappa shape index (κ2) is 5.11. The Morgan fingerprint density at radius 3 is 3.05 bits per heavy atom. The normalized spacial score (nSPS) is 14.1. The van der Waals surface area contributed by atoms with Gasteiger partial charge in [0.25, 0.3) is 5.91 Å². The van der Waals surface area contributed by atoms with E-state index in [-0.39, 0.29) is 5.91 Å². The van der Waals surface area contributed by atoms with Gasteiger partial charge in [0.15, 0.2) is 0 Å². The number of amides is 1. The van der Waals surface area contributed by atoms with Crippen molar-refractivity contribution in [2.45, 2.75) is 46.2 Å². The summed E-state index contributed by atoms with van der Waals surface area (Å²) in [5, 5.41) is 11.1. The Balaban J connectivity index is 1.71. The fourth-order valence-electron chi connectivity index (χ4n) is 2.70. The van der Waals surface area contributed by atoms with Crippen LogP contribution in [0.3, 0.4) is 0 Å². The molecule has 0 unspecified atom stereocenters. The predicted octanol–water partition coefficient (Wildman–Crippen LogP) is 1.75. The molecular formula is C14H18N4O2. The van der Waals surface area contributed by atoms with Gasteiger partial charge in [-0.1, -0.05) is 5.16 Å². The highest BCUT2D eigenvalue weighted by Gasteiger charge is 2.19. The molecule has 1 aliphatic rings. The van der Waals surface area contributed by atoms with Crippen LogP contribution in [0.2, 0.25) is 0 Å². The van der Waals surface area contributed by atoms with Crippen LogP contribution in [0, 0.1) is 13.8 Å². The van der Waals surface area contributed by atoms with Gasteiger partial charge in [-0.15, -0.1) is 0 Å². The van der Waals surface area contributed by atoms with Crippen molar-refractivity contribution in [2.75, 3.05) is 0 Å². The Labute approximate surface area is 117 Å². The van der Waals surface area contributed by atoms with E-state index >= 15 is 0 Å². The molecule has 106 valence electrons. The van der Waals surface area contributed by atoms with Crippen LogP contribution in [0.5, 0.6) is 0 Å². The van der Waals surface area contributed by atoms with Gasteiger partial charge in [0.05, 0.1) is 11.9 Å². The Bertz CT molecular complexity index is 622. The minimum Gasteiger partial charge on any atom is -0.361 e. The molecule has 20 heavy (non-hydrogen) atoms. The number of hydrogen-bond acceptors (Lipinski definition) is 4. The fourth-order valence-corrected chi connectivity index (χ4v) is 2.70. The number of aryl methyl sites for hydroxylation is 3. The summed E-state index contributed by atoms with van der Waals surface area (Å²) in [6, 6.07) is 0. The van der Waals surface area contributed by atoms with Crippen molar-refractivity contribution < 1.29 is 9.32 Å². The number of rotatable bonds is 3. The Morgan fingerprint density at radius 1 is 1.45 bits per heavy atom. The van der Waals surface area contributed by atoms with Gasteiger partial charge in [0.2, 0.25) is 0 Å². The van der Waals surface area contributed by atoms with Crippen molar-refractivity contribution in [2.24, 2.45) is 0 Å². The average molecular weight is 274 g/mol. The van der Waals surface area contributed by atoms with Crippen molar-refractivity contribution in [3.63, 3.8) is 0 Å². The van der Waals surface area contributed by atoms with E-state index in [0.717, 1.165) is 18.5 Å². The molecule has 1 aliphatic heterocycles. The van der Waals surface area contributed by atoms with Crippen LogP contribution in [-0.4, -0.2) is 20.8 Å². The first kappa shape index (κ1) is 12.9. The predicted molar refractivity (Wildman–Crippen MR) is 72.3 cm³/mol. The summed E-state index contributed by atoms with van der Waals surface area (Å²) in [4.78, 5) is 12.2. The van der Waals surface area contributed by atoms with Gasteiger partial charge in [-0.3, -0.25) is 9.48 Å². The standard InChI is InChI=1S/C14H18N4O2/c1-9-13(10(2)20-17-9)14(19)15-7-11-8-16-18-6-4-3-5-12(11)18/h8H,3-7H2,1-2H3,(H,15,19). The van der Waals surface area contributed by atoms with Crippen molar-refractivity contribution in [1.82, 2.24) is 20.3 Å². The van der Waals surface area contributed by atoms with Crippen LogP contribution < -0.4 is 5.32 Å². The molecule has 1 N–H and O–H groups in total. The molecule has 0 radical (unpaired) electrons. The molecule has 2 aromatic rings. The maximum absolute atomic E-state index is 12.2. The summed E-state index contributed by atoms with van der Waals surface area (Å²) >= 11 is 0. The highest BCUT2D eigenvalue weighted by atomic mass is 16.5. The third kappa shape index (κ3) is 2.21. The van der Waals surface area contributed by atoms with E-state index in [1.165, 1.54) is 18.5 Å². The first-order valence-electron chi connectivity index (χ1n) is 6.91. The first-order valence-corrected chi connectivity index (χ1v) is 6.91. The van der Waals surface area contributed by atoms with Crippen LogP contribution in [0.4, 0.5) is 0 Å². The van der Waals surface area contributed by atoms with E-state index in [0.29, 0.717) is 23.6 Å². The van der Waals surface area contributed by atoms with E-state index in [1.807, 2.05) is 10.9 Å². The van der Waals surface area contributed by atoms with E-state index < -0.39 is 0 Å². The second-order valence-electron chi connectivity index (χ2n) is 5.18. The van der Waals surface area contributed by atoms with Crippen LogP contribution in [0.25, 0.3) is 0 Å². The van der Waals surface area contributed by atoms with Crippen molar-refractivity contribution in [1.29, 1.82) is 0 Å². The summed E-state index contributed by atoms with van der Waals surface area (Å²) in [7, 11) is 0. The topological polar surface area (TPSA) is 73.0 Å². The van der Waals surface area contributed by atoms with Gasteiger partial charge in [0.1, 0.15) is 11.3 Å². The third-order valence-electron chi connectivity index (χ3n) is 3.77. The second-order valence-corrected chi connectivity index (χ2v) is 5.18. The van der Waals surface area contributed by atoms with Gasteiger partial charge in [-0.05, 0) is 33.1 Å². The molecule has 0 spiro atoms. The van der Waals surface area contributed by atoms with Gasteiger partial charge < -0.3 is 9.84 Å². The Hall–Kier alpha value is -2.11. The van der Waals surface area contributed by atoms with Crippen molar-refractivity contribution in [3.05, 3.63) is 34.5 Å². The maximum atomic E-state index is 12.2. The van der Waals surface area contributed by atoms with Crippen LogP contribution >= 0.6 is 0 Å². The summed E-state index contributed by atoms with van der Waals surface area (Å²) in [5.41, 5.74) is 3.50. The zero-order valence-corrected chi connectivity index (χ0v) is 11.8. The fraction of sp³-hybridized carbons (Fsp3) is 0.500. The highest BCUT2D eigenvalue weighted by Crippen LogP contribution is 2.18. The van der Waals surface area contributed by atoms with E-state index in [2.05, 4.69) is 15.6 Å². The number of carbonyl (C=O) groups is 1. The SMILES string of the molecule is Cc1noc(C)c1C(=O)NCc1cnn2c1CCCC2. The molecule has 0 bridgehead atoms. The van der Waals surface area contributed by atoms with Crippen molar-refractivity contribution >= 4 is 5.91 Å². The zero-order valence-electron chi connectivity index (χ0n) is 11.8. The van der Waals surface area contributed by atoms with Gasteiger partial charge in [-0.25, -0.2) is 0 Å². The molecule has 0 saturated carbocycles. The molecule has 3 heterocycles. The lowest BCUT2D eigenvalue weighted by Gasteiger charge is -2.14. The number of aromatic nitrogens is 3. The number of carbonyl (C=O) groups excluding carboxylic acids is 1. The zero-order chi connectivity index (χ0) is 14.1. The minimum absolute atomic E-state index is 0.142. The molecule has 0 fully saturated rings. The lowest BCUT2D eigenvalue weighted by Crippen LogP contribution is -2.24. The summed E-state index contributed by atoms with van der Waals surface area (Å²) < 4.78 is 7.06. The quantitative estimate of drug-likeness (QED) is 0.925. The summed E-state index contributed by atoms with van der Waals surface area (Å²) in [5.74, 6) is 0.411.